The molecule has 3 aromatic rings. The van der Waals surface area contributed by atoms with E-state index in [4.69, 9.17) is 9.15 Å². The molecule has 3 atom stereocenters. The van der Waals surface area contributed by atoms with Gasteiger partial charge in [0.25, 0.3) is 0 Å². The van der Waals surface area contributed by atoms with Crippen LogP contribution in [0.4, 0.5) is 0 Å². The number of rotatable bonds is 2. The van der Waals surface area contributed by atoms with E-state index in [1.165, 1.54) is 4.90 Å². The molecule has 1 unspecified atom stereocenters. The maximum absolute atomic E-state index is 12.4. The molecule has 0 amide bonds. The van der Waals surface area contributed by atoms with Crippen molar-refractivity contribution in [1.29, 1.82) is 0 Å². The SMILES string of the molecule is C[C@@H]1C[NH+](Cc2c(O)ccc3c2oc(=O)c2ccccc23)C[C@H](C)O1. The molecule has 1 saturated heterocycles. The highest BCUT2D eigenvalue weighted by Gasteiger charge is 2.27. The van der Waals surface area contributed by atoms with Crippen molar-refractivity contribution in [2.75, 3.05) is 13.1 Å². The normalized spacial score (nSPS) is 24.0. The lowest BCUT2D eigenvalue weighted by atomic mass is 10.0. The van der Waals surface area contributed by atoms with Gasteiger partial charge in [-0.2, -0.15) is 0 Å². The number of aromatic hydroxyl groups is 1. The van der Waals surface area contributed by atoms with E-state index in [1.54, 1.807) is 12.1 Å². The maximum Gasteiger partial charge on any atom is 0.344 e. The average molecular weight is 340 g/mol. The zero-order valence-electron chi connectivity index (χ0n) is 14.4. The third-order valence-electron chi connectivity index (χ3n) is 4.91. The Morgan fingerprint density at radius 2 is 1.72 bits per heavy atom. The number of fused-ring (bicyclic) bond motifs is 3. The molecular weight excluding hydrogens is 318 g/mol. The van der Waals surface area contributed by atoms with Gasteiger partial charge in [-0.3, -0.25) is 0 Å². The Morgan fingerprint density at radius 1 is 1.04 bits per heavy atom. The summed E-state index contributed by atoms with van der Waals surface area (Å²) < 4.78 is 11.4. The molecule has 2 N–H and O–H groups in total. The van der Waals surface area contributed by atoms with Gasteiger partial charge in [0.2, 0.25) is 0 Å². The first-order valence-corrected chi connectivity index (χ1v) is 8.68. The molecule has 0 aliphatic carbocycles. The summed E-state index contributed by atoms with van der Waals surface area (Å²) in [5.41, 5.74) is 0.813. The van der Waals surface area contributed by atoms with Gasteiger partial charge < -0.3 is 19.2 Å². The molecule has 4 rings (SSSR count). The van der Waals surface area contributed by atoms with Crippen LogP contribution >= 0.6 is 0 Å². The molecule has 2 heterocycles. The molecule has 0 bridgehead atoms. The molecule has 25 heavy (non-hydrogen) atoms. The predicted octanol–water partition coefficient (Wildman–Crippen LogP) is 1.84. The van der Waals surface area contributed by atoms with Gasteiger partial charge in [-0.15, -0.1) is 0 Å². The van der Waals surface area contributed by atoms with Gasteiger partial charge in [0, 0.05) is 5.39 Å². The van der Waals surface area contributed by atoms with Crippen molar-refractivity contribution in [3.8, 4) is 5.75 Å². The van der Waals surface area contributed by atoms with Crippen LogP contribution in [-0.2, 0) is 11.3 Å². The fraction of sp³-hybridized carbons (Fsp3) is 0.350. The lowest BCUT2D eigenvalue weighted by molar-refractivity contribution is -0.928. The maximum atomic E-state index is 12.4. The summed E-state index contributed by atoms with van der Waals surface area (Å²) in [6.45, 7) is 6.44. The highest BCUT2D eigenvalue weighted by molar-refractivity contribution is 6.05. The number of quaternary nitrogens is 1. The minimum Gasteiger partial charge on any atom is -0.507 e. The largest absolute Gasteiger partial charge is 0.507 e. The minimum atomic E-state index is -0.367. The molecular formula is C20H22NO4+. The van der Waals surface area contributed by atoms with E-state index in [0.717, 1.165) is 23.9 Å². The first-order chi connectivity index (χ1) is 12.0. The summed E-state index contributed by atoms with van der Waals surface area (Å²) in [5, 5.41) is 12.7. The van der Waals surface area contributed by atoms with Gasteiger partial charge >= 0.3 is 5.63 Å². The van der Waals surface area contributed by atoms with Crippen molar-refractivity contribution in [3.63, 3.8) is 0 Å². The van der Waals surface area contributed by atoms with Crippen molar-refractivity contribution >= 4 is 21.7 Å². The van der Waals surface area contributed by atoms with Gasteiger partial charge in [0.15, 0.2) is 5.58 Å². The first-order valence-electron chi connectivity index (χ1n) is 8.68. The number of hydrogen-bond acceptors (Lipinski definition) is 4. The van der Waals surface area contributed by atoms with Crippen LogP contribution in [0.3, 0.4) is 0 Å². The second-order valence-corrected chi connectivity index (χ2v) is 6.97. The number of phenolic OH excluding ortho intramolecular Hbond substituents is 1. The Hall–Kier alpha value is -2.37. The monoisotopic (exact) mass is 340 g/mol. The molecule has 130 valence electrons. The molecule has 5 nitrogen and oxygen atoms in total. The number of phenols is 1. The van der Waals surface area contributed by atoms with E-state index in [0.29, 0.717) is 23.1 Å². The second-order valence-electron chi connectivity index (χ2n) is 6.97. The number of hydrogen-bond donors (Lipinski definition) is 2. The summed E-state index contributed by atoms with van der Waals surface area (Å²) in [6, 6.07) is 10.9. The Balaban J connectivity index is 1.86. The standard InChI is InChI=1S/C20H21NO4/c1-12-9-21(10-13(2)24-12)11-17-18(22)8-7-15-14-5-3-4-6-16(14)20(23)25-19(15)17/h3-8,12-13,22H,9-11H2,1-2H3/p+1/t12-,13+. The van der Waals surface area contributed by atoms with Crippen LogP contribution < -0.4 is 10.5 Å². The van der Waals surface area contributed by atoms with Crippen molar-refractivity contribution in [2.45, 2.75) is 32.6 Å². The molecule has 5 heteroatoms. The van der Waals surface area contributed by atoms with E-state index < -0.39 is 0 Å². The van der Waals surface area contributed by atoms with Crippen LogP contribution in [0.1, 0.15) is 19.4 Å². The number of ether oxygens (including phenoxy) is 1. The molecule has 1 aromatic heterocycles. The number of morpholine rings is 1. The lowest BCUT2D eigenvalue weighted by Gasteiger charge is -2.32. The summed E-state index contributed by atoms with van der Waals surface area (Å²) >= 11 is 0. The number of nitrogens with one attached hydrogen (secondary N) is 1. The molecule has 1 aliphatic heterocycles. The Labute approximate surface area is 145 Å². The third kappa shape index (κ3) is 2.90. The second kappa shape index (κ2) is 6.17. The highest BCUT2D eigenvalue weighted by atomic mass is 16.5. The van der Waals surface area contributed by atoms with Gasteiger partial charge in [-0.1, -0.05) is 18.2 Å². The molecule has 0 radical (unpaired) electrons. The van der Waals surface area contributed by atoms with Crippen LogP contribution in [0.25, 0.3) is 21.7 Å². The third-order valence-corrected chi connectivity index (χ3v) is 4.91. The van der Waals surface area contributed by atoms with Crippen LogP contribution in [0.15, 0.2) is 45.6 Å². The van der Waals surface area contributed by atoms with Crippen LogP contribution in [-0.4, -0.2) is 30.4 Å². The topological polar surface area (TPSA) is 64.1 Å². The minimum absolute atomic E-state index is 0.170. The van der Waals surface area contributed by atoms with E-state index >= 15 is 0 Å². The fourth-order valence-corrected chi connectivity index (χ4v) is 3.94. The summed E-state index contributed by atoms with van der Waals surface area (Å²) in [7, 11) is 0. The van der Waals surface area contributed by atoms with E-state index in [1.807, 2.05) is 24.3 Å². The number of benzene rings is 2. The van der Waals surface area contributed by atoms with E-state index in [-0.39, 0.29) is 23.6 Å². The quantitative estimate of drug-likeness (QED) is 0.552. The first kappa shape index (κ1) is 16.1. The van der Waals surface area contributed by atoms with Crippen LogP contribution in [0.2, 0.25) is 0 Å². The van der Waals surface area contributed by atoms with Gasteiger partial charge in [-0.25, -0.2) is 4.79 Å². The Bertz CT molecular complexity index is 984. The molecule has 1 aliphatic rings. The summed E-state index contributed by atoms with van der Waals surface area (Å²) in [6.07, 6.45) is 0.340. The smallest absolute Gasteiger partial charge is 0.344 e. The van der Waals surface area contributed by atoms with Gasteiger partial charge in [0.05, 0.1) is 10.9 Å². The molecule has 0 spiro atoms. The van der Waals surface area contributed by atoms with E-state index in [2.05, 4.69) is 13.8 Å². The fourth-order valence-electron chi connectivity index (χ4n) is 3.94. The van der Waals surface area contributed by atoms with Crippen LogP contribution in [0, 0.1) is 0 Å². The average Bonchev–Trinajstić information content (AvgIpc) is 2.57. The van der Waals surface area contributed by atoms with Crippen molar-refractivity contribution in [3.05, 3.63) is 52.4 Å². The summed E-state index contributed by atoms with van der Waals surface area (Å²) in [4.78, 5) is 13.7. The zero-order chi connectivity index (χ0) is 17.6. The molecule has 1 fully saturated rings. The lowest BCUT2D eigenvalue weighted by Crippen LogP contribution is -3.14. The zero-order valence-corrected chi connectivity index (χ0v) is 14.4. The van der Waals surface area contributed by atoms with E-state index in [9.17, 15) is 9.90 Å². The highest BCUT2D eigenvalue weighted by Crippen LogP contribution is 2.30. The van der Waals surface area contributed by atoms with Crippen LogP contribution in [0.5, 0.6) is 5.75 Å². The van der Waals surface area contributed by atoms with Crippen molar-refractivity contribution < 1.29 is 19.2 Å². The van der Waals surface area contributed by atoms with Crippen molar-refractivity contribution in [1.82, 2.24) is 0 Å². The Morgan fingerprint density at radius 3 is 2.44 bits per heavy atom. The van der Waals surface area contributed by atoms with Gasteiger partial charge in [0.1, 0.15) is 37.6 Å². The Kier molecular flexibility index (Phi) is 3.98. The predicted molar refractivity (Wildman–Crippen MR) is 96.1 cm³/mol. The van der Waals surface area contributed by atoms with Crippen molar-refractivity contribution in [2.24, 2.45) is 0 Å². The molecule has 2 aromatic carbocycles. The van der Waals surface area contributed by atoms with Gasteiger partial charge in [-0.05, 0) is 37.4 Å². The summed E-state index contributed by atoms with van der Waals surface area (Å²) in [5.74, 6) is 0.172. The molecule has 0 saturated carbocycles.